The lowest BCUT2D eigenvalue weighted by atomic mass is 10.1. The van der Waals surface area contributed by atoms with Crippen molar-refractivity contribution in [1.82, 2.24) is 25.6 Å². The van der Waals surface area contributed by atoms with E-state index in [4.69, 9.17) is 4.74 Å². The normalized spacial score (nSPS) is 10.5. The van der Waals surface area contributed by atoms with Crippen molar-refractivity contribution in [3.63, 3.8) is 0 Å². The first kappa shape index (κ1) is 20.0. The van der Waals surface area contributed by atoms with Crippen LogP contribution in [0.2, 0.25) is 0 Å². The summed E-state index contributed by atoms with van der Waals surface area (Å²) in [6.07, 6.45) is 3.30. The summed E-state index contributed by atoms with van der Waals surface area (Å²) in [4.78, 5) is 27.8. The summed E-state index contributed by atoms with van der Waals surface area (Å²) in [5.41, 5.74) is 7.87. The fourth-order valence-corrected chi connectivity index (χ4v) is 3.12. The van der Waals surface area contributed by atoms with Gasteiger partial charge in [0, 0.05) is 18.0 Å². The van der Waals surface area contributed by atoms with Crippen LogP contribution >= 0.6 is 0 Å². The van der Waals surface area contributed by atoms with Crippen LogP contribution in [0.25, 0.3) is 11.3 Å². The summed E-state index contributed by atoms with van der Waals surface area (Å²) >= 11 is 0. The fourth-order valence-electron chi connectivity index (χ4n) is 3.12. The number of benzene rings is 2. The number of hydrazine groups is 1. The molecule has 0 spiro atoms. The van der Waals surface area contributed by atoms with E-state index < -0.39 is 11.8 Å². The Bertz CT molecular complexity index is 1170. The number of rotatable bonds is 6. The van der Waals surface area contributed by atoms with Gasteiger partial charge in [0.15, 0.2) is 0 Å². The summed E-state index contributed by atoms with van der Waals surface area (Å²) < 4.78 is 6.92. The molecule has 0 atom stereocenters. The number of aromatic nitrogens is 3. The Morgan fingerprint density at radius 1 is 0.968 bits per heavy atom. The average Bonchev–Trinajstić information content (AvgIpc) is 3.49. The maximum Gasteiger partial charge on any atom is 0.286 e. The Hall–Kier alpha value is -4.33. The third kappa shape index (κ3) is 4.64. The van der Waals surface area contributed by atoms with E-state index in [0.717, 1.165) is 11.1 Å². The van der Waals surface area contributed by atoms with E-state index in [2.05, 4.69) is 20.9 Å². The summed E-state index contributed by atoms with van der Waals surface area (Å²) in [6.45, 7) is 0.506. The second kappa shape index (κ2) is 9.00. The minimum atomic E-state index is -0.468. The van der Waals surface area contributed by atoms with Gasteiger partial charge in [-0.25, -0.2) is 0 Å². The van der Waals surface area contributed by atoms with E-state index in [1.165, 1.54) is 0 Å². The minimum absolute atomic E-state index is 0.341. The molecule has 31 heavy (non-hydrogen) atoms. The molecular weight excluding hydrogens is 394 g/mol. The Balaban J connectivity index is 1.60. The van der Waals surface area contributed by atoms with E-state index >= 15 is 0 Å². The highest BCUT2D eigenvalue weighted by Gasteiger charge is 2.19. The molecule has 8 nitrogen and oxygen atoms in total. The third-order valence-electron chi connectivity index (χ3n) is 4.69. The number of aromatic amines is 1. The zero-order valence-corrected chi connectivity index (χ0v) is 16.8. The number of carbonyl (C=O) groups excluding carboxylic acids is 2. The van der Waals surface area contributed by atoms with Gasteiger partial charge in [0.25, 0.3) is 11.8 Å². The van der Waals surface area contributed by atoms with Crippen LogP contribution in [0.3, 0.4) is 0 Å². The smallest absolute Gasteiger partial charge is 0.286 e. The predicted octanol–water partition coefficient (Wildman–Crippen LogP) is 3.01. The van der Waals surface area contributed by atoms with Crippen molar-refractivity contribution in [2.75, 3.05) is 7.11 Å². The maximum atomic E-state index is 12.9. The Morgan fingerprint density at radius 3 is 2.39 bits per heavy atom. The van der Waals surface area contributed by atoms with Crippen LogP contribution in [0.15, 0.2) is 79.1 Å². The van der Waals surface area contributed by atoms with E-state index in [1.807, 2.05) is 42.5 Å². The van der Waals surface area contributed by atoms with E-state index in [9.17, 15) is 9.59 Å². The summed E-state index contributed by atoms with van der Waals surface area (Å²) in [7, 11) is 1.59. The number of ether oxygens (including phenoxy) is 1. The topological polar surface area (TPSA) is 101 Å². The van der Waals surface area contributed by atoms with Gasteiger partial charge in [0.2, 0.25) is 0 Å². The molecule has 0 saturated heterocycles. The highest BCUT2D eigenvalue weighted by atomic mass is 16.5. The number of hydrogen-bond acceptors (Lipinski definition) is 4. The van der Waals surface area contributed by atoms with E-state index in [1.54, 1.807) is 48.5 Å². The largest absolute Gasteiger partial charge is 0.497 e. The molecule has 2 aromatic carbocycles. The first-order valence-electron chi connectivity index (χ1n) is 9.64. The number of amides is 2. The van der Waals surface area contributed by atoms with Crippen LogP contribution in [0.4, 0.5) is 0 Å². The van der Waals surface area contributed by atoms with Crippen LogP contribution in [-0.2, 0) is 6.54 Å². The second-order valence-electron chi connectivity index (χ2n) is 6.80. The quantitative estimate of drug-likeness (QED) is 0.422. The first-order chi connectivity index (χ1) is 15.1. The monoisotopic (exact) mass is 415 g/mol. The lowest BCUT2D eigenvalue weighted by molar-refractivity contribution is 0.0844. The van der Waals surface area contributed by atoms with Gasteiger partial charge in [0.05, 0.1) is 19.2 Å². The molecule has 0 unspecified atom stereocenters. The molecule has 156 valence electrons. The van der Waals surface area contributed by atoms with Gasteiger partial charge >= 0.3 is 0 Å². The van der Waals surface area contributed by atoms with Crippen LogP contribution < -0.4 is 15.6 Å². The van der Waals surface area contributed by atoms with Crippen LogP contribution in [0.5, 0.6) is 5.75 Å². The lowest BCUT2D eigenvalue weighted by Gasteiger charge is -2.07. The zero-order chi connectivity index (χ0) is 21.6. The molecule has 2 aromatic heterocycles. The van der Waals surface area contributed by atoms with Gasteiger partial charge in [-0.05, 0) is 42.0 Å². The highest BCUT2D eigenvalue weighted by Crippen LogP contribution is 2.25. The molecule has 4 aromatic rings. The number of nitrogens with zero attached hydrogens (tertiary/aromatic N) is 2. The molecule has 2 amide bonds. The molecule has 3 N–H and O–H groups in total. The van der Waals surface area contributed by atoms with Gasteiger partial charge in [-0.1, -0.05) is 30.3 Å². The van der Waals surface area contributed by atoms with E-state index in [-0.39, 0.29) is 0 Å². The van der Waals surface area contributed by atoms with Crippen molar-refractivity contribution in [2.24, 2.45) is 0 Å². The second-order valence-corrected chi connectivity index (χ2v) is 6.80. The van der Waals surface area contributed by atoms with E-state index in [0.29, 0.717) is 29.2 Å². The van der Waals surface area contributed by atoms with Gasteiger partial charge in [-0.2, -0.15) is 5.10 Å². The van der Waals surface area contributed by atoms with Gasteiger partial charge in [0.1, 0.15) is 17.1 Å². The molecule has 0 radical (unpaired) electrons. The Labute approximate surface area is 178 Å². The fraction of sp³-hybridized carbons (Fsp3) is 0.0870. The first-order valence-corrected chi connectivity index (χ1v) is 9.64. The number of methoxy groups -OCH3 is 1. The molecular formula is C23H21N5O3. The molecule has 0 aliphatic rings. The zero-order valence-electron chi connectivity index (χ0n) is 16.8. The van der Waals surface area contributed by atoms with Gasteiger partial charge in [-0.3, -0.25) is 25.1 Å². The lowest BCUT2D eigenvalue weighted by Crippen LogP contribution is -2.41. The van der Waals surface area contributed by atoms with Crippen molar-refractivity contribution in [1.29, 1.82) is 0 Å². The molecule has 0 saturated carbocycles. The van der Waals surface area contributed by atoms with Crippen LogP contribution in [-0.4, -0.2) is 33.7 Å². The summed E-state index contributed by atoms with van der Waals surface area (Å²) in [5.74, 6) is -0.206. The molecule has 0 fully saturated rings. The number of H-pyrrole nitrogens is 1. The SMILES string of the molecule is COc1ccc(-c2nn(Cc3ccccc3)cc2C(=O)NNC(=O)c2ccc[nH]2)cc1. The minimum Gasteiger partial charge on any atom is -0.497 e. The Kier molecular flexibility index (Phi) is 5.79. The highest BCUT2D eigenvalue weighted by molar-refractivity contribution is 6.01. The maximum absolute atomic E-state index is 12.9. The third-order valence-corrected chi connectivity index (χ3v) is 4.69. The molecule has 0 aliphatic heterocycles. The average molecular weight is 415 g/mol. The van der Waals surface area contributed by atoms with Gasteiger partial charge in [-0.15, -0.1) is 0 Å². The number of carbonyl (C=O) groups is 2. The van der Waals surface area contributed by atoms with Crippen molar-refractivity contribution >= 4 is 11.8 Å². The molecule has 4 rings (SSSR count). The van der Waals surface area contributed by atoms with Crippen molar-refractivity contribution in [3.05, 3.63) is 95.9 Å². The predicted molar refractivity (Wildman–Crippen MR) is 115 cm³/mol. The molecule has 8 heteroatoms. The van der Waals surface area contributed by atoms with Gasteiger partial charge < -0.3 is 9.72 Å². The molecule has 2 heterocycles. The number of nitrogens with one attached hydrogen (secondary N) is 3. The van der Waals surface area contributed by atoms with Crippen LogP contribution in [0.1, 0.15) is 26.4 Å². The molecule has 0 bridgehead atoms. The van der Waals surface area contributed by atoms with Crippen molar-refractivity contribution in [2.45, 2.75) is 6.54 Å². The number of hydrogen-bond donors (Lipinski definition) is 3. The molecule has 0 aliphatic carbocycles. The summed E-state index contributed by atoms with van der Waals surface area (Å²) in [6, 6.07) is 20.4. The summed E-state index contributed by atoms with van der Waals surface area (Å²) in [5, 5.41) is 4.63. The van der Waals surface area contributed by atoms with Crippen molar-refractivity contribution < 1.29 is 14.3 Å². The van der Waals surface area contributed by atoms with Crippen LogP contribution in [0, 0.1) is 0 Å². The standard InChI is InChI=1S/C23H21N5O3/c1-31-18-11-9-17(10-12-18)21-19(15-28(27-21)14-16-6-3-2-4-7-16)22(29)25-26-23(30)20-8-5-13-24-20/h2-13,15,24H,14H2,1H3,(H,25,29)(H,26,30). The Morgan fingerprint density at radius 2 is 1.71 bits per heavy atom. The van der Waals surface area contributed by atoms with Crippen molar-refractivity contribution in [3.8, 4) is 17.0 Å².